The number of rotatable bonds is 6. The number of halogens is 1. The van der Waals surface area contributed by atoms with E-state index in [0.717, 1.165) is 11.4 Å². The fourth-order valence-electron chi connectivity index (χ4n) is 4.27. The van der Waals surface area contributed by atoms with Gasteiger partial charge in [0.1, 0.15) is 12.4 Å². The molecule has 34 heavy (non-hydrogen) atoms. The third-order valence-corrected chi connectivity index (χ3v) is 6.09. The molecule has 2 aromatic carbocycles. The summed E-state index contributed by atoms with van der Waals surface area (Å²) >= 11 is 5.67. The van der Waals surface area contributed by atoms with Crippen molar-refractivity contribution in [2.45, 2.75) is 12.1 Å². The Morgan fingerprint density at radius 1 is 1.03 bits per heavy atom. The summed E-state index contributed by atoms with van der Waals surface area (Å²) in [5, 5.41) is 6.72. The molecule has 0 bridgehead atoms. The van der Waals surface area contributed by atoms with Crippen LogP contribution in [-0.4, -0.2) is 32.0 Å². The van der Waals surface area contributed by atoms with Gasteiger partial charge < -0.3 is 20.1 Å². The molecule has 0 aliphatic carbocycles. The van der Waals surface area contributed by atoms with Crippen LogP contribution in [0.1, 0.15) is 23.5 Å². The molecule has 0 unspecified atom stereocenters. The maximum absolute atomic E-state index is 14.0. The molecule has 0 radical (unpaired) electrons. The van der Waals surface area contributed by atoms with Gasteiger partial charge in [0, 0.05) is 29.5 Å². The molecule has 2 atom stereocenters. The summed E-state index contributed by atoms with van der Waals surface area (Å²) in [6.07, 6.45) is 3.61. The first-order chi connectivity index (χ1) is 16.6. The van der Waals surface area contributed by atoms with Crippen molar-refractivity contribution in [2.24, 2.45) is 0 Å². The van der Waals surface area contributed by atoms with E-state index >= 15 is 0 Å². The lowest BCUT2D eigenvalue weighted by atomic mass is 10.0. The second-order valence-corrected chi connectivity index (χ2v) is 8.34. The highest BCUT2D eigenvalue weighted by atomic mass is 32.1. The SMILES string of the molecule is O=C(CN1C(=S)N[C@H](c2ccccn2)[C@@H]1c1cccn1-c1cccc(F)c1)Nc1ccccc1. The van der Waals surface area contributed by atoms with Gasteiger partial charge in [0.05, 0.1) is 17.8 Å². The molecule has 3 heterocycles. The highest BCUT2D eigenvalue weighted by Crippen LogP contribution is 2.39. The first kappa shape index (κ1) is 21.8. The number of anilines is 1. The monoisotopic (exact) mass is 471 g/mol. The third-order valence-electron chi connectivity index (χ3n) is 5.74. The molecular formula is C26H22FN5OS. The molecule has 8 heteroatoms. The summed E-state index contributed by atoms with van der Waals surface area (Å²) in [6.45, 7) is 0.0447. The van der Waals surface area contributed by atoms with E-state index in [9.17, 15) is 9.18 Å². The largest absolute Gasteiger partial charge is 0.352 e. The molecule has 1 amide bonds. The van der Waals surface area contributed by atoms with Gasteiger partial charge in [-0.15, -0.1) is 0 Å². The number of amides is 1. The number of pyridine rings is 1. The number of nitrogens with one attached hydrogen (secondary N) is 2. The van der Waals surface area contributed by atoms with Gasteiger partial charge in [-0.2, -0.15) is 0 Å². The number of benzene rings is 2. The maximum Gasteiger partial charge on any atom is 0.244 e. The first-order valence-corrected chi connectivity index (χ1v) is 11.3. The lowest BCUT2D eigenvalue weighted by Gasteiger charge is -2.28. The van der Waals surface area contributed by atoms with Gasteiger partial charge in [0.15, 0.2) is 5.11 Å². The van der Waals surface area contributed by atoms with Crippen molar-refractivity contribution in [1.82, 2.24) is 19.8 Å². The molecule has 1 aliphatic heterocycles. The molecule has 0 saturated carbocycles. The second kappa shape index (κ2) is 9.44. The van der Waals surface area contributed by atoms with Crippen molar-refractivity contribution in [1.29, 1.82) is 0 Å². The zero-order valence-electron chi connectivity index (χ0n) is 18.1. The average Bonchev–Trinajstić information content (AvgIpc) is 3.45. The molecule has 2 aromatic heterocycles. The van der Waals surface area contributed by atoms with Crippen molar-refractivity contribution in [3.63, 3.8) is 0 Å². The van der Waals surface area contributed by atoms with Crippen LogP contribution in [0, 0.1) is 5.82 Å². The van der Waals surface area contributed by atoms with Gasteiger partial charge in [-0.3, -0.25) is 9.78 Å². The minimum Gasteiger partial charge on any atom is -0.352 e. The van der Waals surface area contributed by atoms with Crippen LogP contribution in [0.25, 0.3) is 5.69 Å². The first-order valence-electron chi connectivity index (χ1n) is 10.9. The topological polar surface area (TPSA) is 62.2 Å². The van der Waals surface area contributed by atoms with E-state index in [1.807, 2.05) is 82.4 Å². The predicted octanol–water partition coefficient (Wildman–Crippen LogP) is 4.62. The van der Waals surface area contributed by atoms with Crippen molar-refractivity contribution >= 4 is 28.9 Å². The standard InChI is InChI=1S/C26H22FN5OS/c27-18-8-6-11-20(16-18)31-15-7-13-22(31)25-24(21-12-4-5-14-28-21)30-26(34)32(25)17-23(33)29-19-9-2-1-3-10-19/h1-16,24-25H,17H2,(H,29,33)(H,30,34)/t24-,25+/m1/s1. The second-order valence-electron chi connectivity index (χ2n) is 7.95. The Balaban J connectivity index is 1.52. The molecule has 4 aromatic rings. The predicted molar refractivity (Wildman–Crippen MR) is 133 cm³/mol. The Morgan fingerprint density at radius 3 is 2.62 bits per heavy atom. The molecular weight excluding hydrogens is 449 g/mol. The minimum atomic E-state index is -0.345. The van der Waals surface area contributed by atoms with Gasteiger partial charge in [0.25, 0.3) is 0 Å². The summed E-state index contributed by atoms with van der Waals surface area (Å²) in [7, 11) is 0. The molecule has 0 spiro atoms. The Labute approximate surface area is 202 Å². The number of nitrogens with zero attached hydrogens (tertiary/aromatic N) is 3. The van der Waals surface area contributed by atoms with Crippen molar-refractivity contribution in [2.75, 3.05) is 11.9 Å². The van der Waals surface area contributed by atoms with Gasteiger partial charge in [-0.05, 0) is 66.8 Å². The van der Waals surface area contributed by atoms with Crippen LogP contribution in [0.2, 0.25) is 0 Å². The zero-order chi connectivity index (χ0) is 23.5. The molecule has 1 aliphatic rings. The van der Waals surface area contributed by atoms with E-state index in [2.05, 4.69) is 15.6 Å². The Kier molecular flexibility index (Phi) is 6.05. The van der Waals surface area contributed by atoms with E-state index in [0.29, 0.717) is 16.5 Å². The van der Waals surface area contributed by atoms with Gasteiger partial charge in [-0.25, -0.2) is 4.39 Å². The molecule has 2 N–H and O–H groups in total. The van der Waals surface area contributed by atoms with Crippen LogP contribution in [0.4, 0.5) is 10.1 Å². The number of thiocarbonyl (C=S) groups is 1. The van der Waals surface area contributed by atoms with Crippen LogP contribution in [0.5, 0.6) is 0 Å². The average molecular weight is 472 g/mol. The minimum absolute atomic E-state index is 0.0447. The molecule has 6 nitrogen and oxygen atoms in total. The van der Waals surface area contributed by atoms with Gasteiger partial charge in [0.2, 0.25) is 5.91 Å². The number of carbonyl (C=O) groups is 1. The van der Waals surface area contributed by atoms with Crippen molar-refractivity contribution < 1.29 is 9.18 Å². The van der Waals surface area contributed by atoms with E-state index in [-0.39, 0.29) is 30.4 Å². The van der Waals surface area contributed by atoms with Crippen LogP contribution < -0.4 is 10.6 Å². The maximum atomic E-state index is 14.0. The van der Waals surface area contributed by atoms with Gasteiger partial charge >= 0.3 is 0 Å². The summed E-state index contributed by atoms with van der Waals surface area (Å²) < 4.78 is 15.9. The van der Waals surface area contributed by atoms with Gasteiger partial charge in [-0.1, -0.05) is 30.3 Å². The fraction of sp³-hybridized carbons (Fsp3) is 0.115. The number of para-hydroxylation sites is 1. The van der Waals surface area contributed by atoms with Crippen LogP contribution in [0.3, 0.4) is 0 Å². The van der Waals surface area contributed by atoms with Crippen LogP contribution in [-0.2, 0) is 4.79 Å². The Bertz CT molecular complexity index is 1310. The third kappa shape index (κ3) is 4.40. The quantitative estimate of drug-likeness (QED) is 0.402. The lowest BCUT2D eigenvalue weighted by Crippen LogP contribution is -2.37. The number of carbonyl (C=O) groups excluding carboxylic acids is 1. The van der Waals surface area contributed by atoms with Crippen molar-refractivity contribution in [3.05, 3.63) is 115 Å². The number of hydrogen-bond acceptors (Lipinski definition) is 3. The van der Waals surface area contributed by atoms with Crippen molar-refractivity contribution in [3.8, 4) is 5.69 Å². The number of hydrogen-bond donors (Lipinski definition) is 2. The molecule has 1 saturated heterocycles. The highest BCUT2D eigenvalue weighted by molar-refractivity contribution is 7.80. The van der Waals surface area contributed by atoms with Crippen LogP contribution in [0.15, 0.2) is 97.3 Å². The lowest BCUT2D eigenvalue weighted by molar-refractivity contribution is -0.116. The zero-order valence-corrected chi connectivity index (χ0v) is 19.0. The van der Waals surface area contributed by atoms with E-state index in [1.165, 1.54) is 12.1 Å². The summed E-state index contributed by atoms with van der Waals surface area (Å²) in [6, 6.07) is 24.6. The summed E-state index contributed by atoms with van der Waals surface area (Å²) in [5.74, 6) is -0.511. The van der Waals surface area contributed by atoms with E-state index < -0.39 is 0 Å². The highest BCUT2D eigenvalue weighted by Gasteiger charge is 2.42. The molecule has 170 valence electrons. The van der Waals surface area contributed by atoms with Crippen LogP contribution >= 0.6 is 12.2 Å². The van der Waals surface area contributed by atoms with E-state index in [1.54, 1.807) is 12.3 Å². The summed E-state index contributed by atoms with van der Waals surface area (Å²) in [4.78, 5) is 19.4. The Hall–Kier alpha value is -4.04. The molecule has 1 fully saturated rings. The number of aromatic nitrogens is 2. The normalized spacial score (nSPS) is 17.4. The van der Waals surface area contributed by atoms with E-state index in [4.69, 9.17) is 12.2 Å². The molecule has 5 rings (SSSR count). The summed E-state index contributed by atoms with van der Waals surface area (Å²) in [5.41, 5.74) is 3.06. The Morgan fingerprint density at radius 2 is 1.85 bits per heavy atom. The fourth-order valence-corrected chi connectivity index (χ4v) is 4.58. The smallest absolute Gasteiger partial charge is 0.244 e.